The Kier molecular flexibility index (Phi) is 5.34. The number of carbonyl (C=O) groups is 2. The first-order valence-corrected chi connectivity index (χ1v) is 13.7. The normalized spacial score (nSPS) is 25.2. The third-order valence-electron chi connectivity index (χ3n) is 8.24. The third-order valence-corrected chi connectivity index (χ3v) is 8.79. The number of hydrogen-bond acceptors (Lipinski definition) is 5. The van der Waals surface area contributed by atoms with Gasteiger partial charge in [0, 0.05) is 16.6 Å². The van der Waals surface area contributed by atoms with E-state index in [4.69, 9.17) is 28.2 Å². The van der Waals surface area contributed by atoms with E-state index in [2.05, 4.69) is 19.2 Å². The predicted octanol–water partition coefficient (Wildman–Crippen LogP) is 5.07. The molecule has 39 heavy (non-hydrogen) atoms. The van der Waals surface area contributed by atoms with Gasteiger partial charge in [0.2, 0.25) is 11.8 Å². The number of fused-ring (bicyclic) bond motifs is 8. The van der Waals surface area contributed by atoms with Crippen LogP contribution in [-0.4, -0.2) is 27.4 Å². The Balaban J connectivity index is 1.53. The van der Waals surface area contributed by atoms with E-state index in [0.29, 0.717) is 33.9 Å². The molecule has 3 aromatic carbocycles. The number of anilines is 1. The standard InChI is InChI=1S/C30H24Cl2N4O3/c1-15(2)13-21-24-25(28(39)35(27(24)38)23-14-16(31)11-12-19(23)32)30(34-21)18-8-4-6-10-22(18)36-26(37)17-7-3-5-9-20(17)33-29(30)36/h3-12,14-15,21,24-25,34H,13H2,1-2H3/t21?,24-,25+,30?/m0/s1. The number of imide groups is 1. The number of aromatic nitrogens is 2. The monoisotopic (exact) mass is 558 g/mol. The summed E-state index contributed by atoms with van der Waals surface area (Å²) >= 11 is 12.8. The zero-order chi connectivity index (χ0) is 27.2. The number of nitrogens with zero attached hydrogens (tertiary/aromatic N) is 3. The summed E-state index contributed by atoms with van der Waals surface area (Å²) in [5.74, 6) is -1.58. The molecule has 0 aliphatic carbocycles. The van der Waals surface area contributed by atoms with Crippen LogP contribution in [-0.2, 0) is 15.1 Å². The van der Waals surface area contributed by atoms with Crippen molar-refractivity contribution in [2.45, 2.75) is 31.8 Å². The first kappa shape index (κ1) is 24.5. The van der Waals surface area contributed by atoms with E-state index in [-0.39, 0.29) is 34.1 Å². The Morgan fingerprint density at radius 2 is 1.69 bits per heavy atom. The minimum atomic E-state index is -1.18. The molecule has 1 spiro atoms. The molecule has 7 nitrogen and oxygen atoms in total. The summed E-state index contributed by atoms with van der Waals surface area (Å²) in [6.07, 6.45) is 0.652. The van der Waals surface area contributed by atoms with Gasteiger partial charge in [-0.25, -0.2) is 9.88 Å². The van der Waals surface area contributed by atoms with Gasteiger partial charge in [-0.3, -0.25) is 24.3 Å². The quantitative estimate of drug-likeness (QED) is 0.355. The minimum Gasteiger partial charge on any atom is -0.297 e. The van der Waals surface area contributed by atoms with Crippen molar-refractivity contribution in [2.24, 2.45) is 17.8 Å². The van der Waals surface area contributed by atoms with Crippen LogP contribution in [0.2, 0.25) is 10.0 Å². The van der Waals surface area contributed by atoms with Crippen LogP contribution >= 0.6 is 23.2 Å². The highest BCUT2D eigenvalue weighted by Gasteiger charge is 2.69. The number of halogens is 2. The lowest BCUT2D eigenvalue weighted by Gasteiger charge is -2.32. The number of nitrogens with one attached hydrogen (secondary N) is 1. The highest BCUT2D eigenvalue weighted by molar-refractivity contribution is 6.38. The Labute approximate surface area is 234 Å². The summed E-state index contributed by atoms with van der Waals surface area (Å²) in [5.41, 5.74) is 0.826. The van der Waals surface area contributed by atoms with Crippen LogP contribution in [0.3, 0.4) is 0 Å². The molecule has 4 aromatic rings. The lowest BCUT2D eigenvalue weighted by Crippen LogP contribution is -2.50. The Hall–Kier alpha value is -3.52. The summed E-state index contributed by atoms with van der Waals surface area (Å²) in [6.45, 7) is 4.17. The molecule has 3 aliphatic rings. The minimum absolute atomic E-state index is 0.211. The van der Waals surface area contributed by atoms with Gasteiger partial charge in [0.15, 0.2) is 0 Å². The van der Waals surface area contributed by atoms with Crippen LogP contribution in [0, 0.1) is 17.8 Å². The van der Waals surface area contributed by atoms with Crippen molar-refractivity contribution >= 4 is 51.6 Å². The van der Waals surface area contributed by atoms with E-state index in [9.17, 15) is 14.4 Å². The van der Waals surface area contributed by atoms with Gasteiger partial charge >= 0.3 is 0 Å². The van der Waals surface area contributed by atoms with Gasteiger partial charge < -0.3 is 0 Å². The molecule has 4 atom stereocenters. The molecule has 2 amide bonds. The lowest BCUT2D eigenvalue weighted by molar-refractivity contribution is -0.123. The summed E-state index contributed by atoms with van der Waals surface area (Å²) in [4.78, 5) is 48.7. The molecule has 1 aromatic heterocycles. The topological polar surface area (TPSA) is 84.3 Å². The van der Waals surface area contributed by atoms with E-state index >= 15 is 0 Å². The van der Waals surface area contributed by atoms with E-state index in [1.54, 1.807) is 34.9 Å². The van der Waals surface area contributed by atoms with Gasteiger partial charge in [0.1, 0.15) is 11.4 Å². The second-order valence-corrected chi connectivity index (χ2v) is 11.8. The van der Waals surface area contributed by atoms with Crippen molar-refractivity contribution in [2.75, 3.05) is 4.90 Å². The molecule has 9 heteroatoms. The lowest BCUT2D eigenvalue weighted by atomic mass is 9.75. The molecular formula is C30H24Cl2N4O3. The van der Waals surface area contributed by atoms with E-state index in [1.165, 1.54) is 4.90 Å². The van der Waals surface area contributed by atoms with Crippen molar-refractivity contribution in [1.29, 1.82) is 0 Å². The van der Waals surface area contributed by atoms with Crippen molar-refractivity contribution in [3.05, 3.63) is 98.5 Å². The average Bonchev–Trinajstić information content (AvgIpc) is 3.48. The molecular weight excluding hydrogens is 535 g/mol. The van der Waals surface area contributed by atoms with E-state index < -0.39 is 23.3 Å². The van der Waals surface area contributed by atoms with Gasteiger partial charge in [0.25, 0.3) is 5.56 Å². The van der Waals surface area contributed by atoms with Crippen LogP contribution in [0.1, 0.15) is 31.7 Å². The summed E-state index contributed by atoms with van der Waals surface area (Å²) in [7, 11) is 0. The highest BCUT2D eigenvalue weighted by atomic mass is 35.5. The predicted molar refractivity (Wildman–Crippen MR) is 150 cm³/mol. The first-order valence-electron chi connectivity index (χ1n) is 13.0. The second kappa shape index (κ2) is 8.49. The molecule has 0 radical (unpaired) electrons. The van der Waals surface area contributed by atoms with Gasteiger partial charge in [-0.2, -0.15) is 0 Å². The van der Waals surface area contributed by atoms with E-state index in [1.807, 2.05) is 36.4 Å². The Morgan fingerprint density at radius 3 is 2.49 bits per heavy atom. The molecule has 3 aliphatic heterocycles. The summed E-state index contributed by atoms with van der Waals surface area (Å²) in [6, 6.07) is 19.1. The zero-order valence-electron chi connectivity index (χ0n) is 21.2. The molecule has 4 heterocycles. The van der Waals surface area contributed by atoms with Crippen LogP contribution in [0.15, 0.2) is 71.5 Å². The maximum absolute atomic E-state index is 14.5. The Morgan fingerprint density at radius 1 is 0.949 bits per heavy atom. The van der Waals surface area contributed by atoms with Crippen molar-refractivity contribution in [1.82, 2.24) is 14.9 Å². The highest BCUT2D eigenvalue weighted by Crippen LogP contribution is 2.56. The maximum atomic E-state index is 14.5. The number of benzene rings is 3. The van der Waals surface area contributed by atoms with Crippen molar-refractivity contribution in [3.8, 4) is 5.69 Å². The average molecular weight is 559 g/mol. The first-order chi connectivity index (χ1) is 18.7. The second-order valence-electron chi connectivity index (χ2n) is 10.9. The number of hydrogen-bond donors (Lipinski definition) is 1. The van der Waals surface area contributed by atoms with Crippen LogP contribution in [0.4, 0.5) is 5.69 Å². The van der Waals surface area contributed by atoms with Gasteiger partial charge in [-0.05, 0) is 48.7 Å². The largest absolute Gasteiger partial charge is 0.297 e. The molecule has 0 saturated carbocycles. The molecule has 7 rings (SSSR count). The summed E-state index contributed by atoms with van der Waals surface area (Å²) < 4.78 is 1.60. The number of rotatable bonds is 3. The van der Waals surface area contributed by atoms with Gasteiger partial charge in [-0.1, -0.05) is 67.4 Å². The van der Waals surface area contributed by atoms with Crippen LogP contribution in [0.25, 0.3) is 16.6 Å². The molecule has 0 bridgehead atoms. The van der Waals surface area contributed by atoms with E-state index in [0.717, 1.165) is 5.56 Å². The fourth-order valence-electron chi connectivity index (χ4n) is 6.82. The smallest absolute Gasteiger partial charge is 0.266 e. The molecule has 2 unspecified atom stereocenters. The fourth-order valence-corrected chi connectivity index (χ4v) is 7.19. The summed E-state index contributed by atoms with van der Waals surface area (Å²) in [5, 5.41) is 4.83. The number of para-hydroxylation sites is 2. The molecule has 2 saturated heterocycles. The third kappa shape index (κ3) is 3.21. The molecule has 1 N–H and O–H groups in total. The van der Waals surface area contributed by atoms with Gasteiger partial charge in [0.05, 0.1) is 39.1 Å². The zero-order valence-corrected chi connectivity index (χ0v) is 22.7. The molecule has 2 fully saturated rings. The number of carbonyl (C=O) groups excluding carboxylic acids is 2. The number of amides is 2. The maximum Gasteiger partial charge on any atom is 0.266 e. The fraction of sp³-hybridized carbons (Fsp3) is 0.267. The van der Waals surface area contributed by atoms with Crippen LogP contribution in [0.5, 0.6) is 0 Å². The van der Waals surface area contributed by atoms with Gasteiger partial charge in [-0.15, -0.1) is 0 Å². The van der Waals surface area contributed by atoms with Crippen molar-refractivity contribution in [3.63, 3.8) is 0 Å². The Bertz CT molecular complexity index is 1780. The molecule has 196 valence electrons. The SMILES string of the molecule is CC(C)CC1NC2(c3ccccc3-n3c2nc2ccccc2c3=O)[C@H]2C(=O)N(c3cc(Cl)ccc3Cl)C(=O)[C@@H]12. The van der Waals surface area contributed by atoms with Crippen LogP contribution < -0.4 is 15.8 Å². The van der Waals surface area contributed by atoms with Crippen molar-refractivity contribution < 1.29 is 9.59 Å².